The Balaban J connectivity index is 1.54. The number of nitrogens with zero attached hydrogens (tertiary/aromatic N) is 1. The highest BCUT2D eigenvalue weighted by Gasteiger charge is 2.25. The molecule has 4 nitrogen and oxygen atoms in total. The molecule has 0 radical (unpaired) electrons. The van der Waals surface area contributed by atoms with Gasteiger partial charge in [-0.15, -0.1) is 0 Å². The maximum Gasteiger partial charge on any atom is 0.257 e. The Bertz CT molecular complexity index is 802. The lowest BCUT2D eigenvalue weighted by Crippen LogP contribution is -2.17. The van der Waals surface area contributed by atoms with E-state index in [2.05, 4.69) is 39.8 Å². The van der Waals surface area contributed by atoms with Gasteiger partial charge in [0.1, 0.15) is 0 Å². The number of amides is 1. The molecule has 0 spiro atoms. The van der Waals surface area contributed by atoms with Crippen molar-refractivity contribution in [2.75, 3.05) is 28.6 Å². The van der Waals surface area contributed by atoms with Gasteiger partial charge in [0, 0.05) is 41.9 Å². The molecule has 1 saturated heterocycles. The number of hydrogen-bond donors (Lipinski definition) is 2. The first-order valence-electron chi connectivity index (χ1n) is 8.45. The molecule has 1 fully saturated rings. The fraction of sp³-hybridized carbons (Fsp3) is 0.250. The third-order valence-electron chi connectivity index (χ3n) is 4.76. The Hall–Kier alpha value is -2.75. The minimum atomic E-state index is -0.0551. The highest BCUT2D eigenvalue weighted by molar-refractivity contribution is 6.32. The molecule has 2 aliphatic rings. The molecule has 4 heteroatoms. The minimum absolute atomic E-state index is 0.0551. The van der Waals surface area contributed by atoms with Gasteiger partial charge in [0.2, 0.25) is 0 Å². The van der Waals surface area contributed by atoms with E-state index in [9.17, 15) is 4.79 Å². The van der Waals surface area contributed by atoms with Crippen molar-refractivity contribution in [1.82, 2.24) is 0 Å². The van der Waals surface area contributed by atoms with Crippen LogP contribution in [0, 0.1) is 6.92 Å². The monoisotopic (exact) mass is 319 g/mol. The number of aryl methyl sites for hydroxylation is 1. The molecule has 0 atom stereocenters. The molecule has 2 aromatic carbocycles. The van der Waals surface area contributed by atoms with Crippen LogP contribution < -0.4 is 15.5 Å². The zero-order chi connectivity index (χ0) is 16.5. The molecule has 2 aliphatic heterocycles. The van der Waals surface area contributed by atoms with Crippen LogP contribution in [0.5, 0.6) is 0 Å². The topological polar surface area (TPSA) is 44.4 Å². The lowest BCUT2D eigenvalue weighted by atomic mass is 10.0. The zero-order valence-electron chi connectivity index (χ0n) is 13.8. The summed E-state index contributed by atoms with van der Waals surface area (Å²) in [6.07, 6.45) is 4.36. The van der Waals surface area contributed by atoms with Crippen LogP contribution in [0.4, 0.5) is 17.1 Å². The van der Waals surface area contributed by atoms with E-state index in [0.29, 0.717) is 5.57 Å². The number of carbonyl (C=O) groups is 1. The van der Waals surface area contributed by atoms with Crippen LogP contribution in [0.2, 0.25) is 0 Å². The highest BCUT2D eigenvalue weighted by Crippen LogP contribution is 2.34. The molecule has 0 aliphatic carbocycles. The third kappa shape index (κ3) is 2.64. The summed E-state index contributed by atoms with van der Waals surface area (Å²) in [4.78, 5) is 14.6. The van der Waals surface area contributed by atoms with E-state index in [1.807, 2.05) is 25.1 Å². The molecule has 2 heterocycles. The summed E-state index contributed by atoms with van der Waals surface area (Å²) in [5.74, 6) is -0.0551. The van der Waals surface area contributed by atoms with E-state index in [1.54, 1.807) is 6.20 Å². The van der Waals surface area contributed by atoms with Crippen molar-refractivity contribution in [2.24, 2.45) is 0 Å². The summed E-state index contributed by atoms with van der Waals surface area (Å²) in [5, 5.41) is 6.18. The van der Waals surface area contributed by atoms with Crippen LogP contribution in [-0.2, 0) is 4.79 Å². The predicted octanol–water partition coefficient (Wildman–Crippen LogP) is 4.00. The smallest absolute Gasteiger partial charge is 0.257 e. The second-order valence-corrected chi connectivity index (χ2v) is 6.39. The maximum atomic E-state index is 12.2. The molecule has 0 bridgehead atoms. The minimum Gasteiger partial charge on any atom is -0.372 e. The molecule has 24 heavy (non-hydrogen) atoms. The summed E-state index contributed by atoms with van der Waals surface area (Å²) < 4.78 is 0. The van der Waals surface area contributed by atoms with Crippen molar-refractivity contribution in [3.05, 3.63) is 59.8 Å². The Morgan fingerprint density at radius 1 is 1.08 bits per heavy atom. The summed E-state index contributed by atoms with van der Waals surface area (Å²) >= 11 is 0. The average molecular weight is 319 g/mol. The number of rotatable bonds is 3. The Labute approximate surface area is 142 Å². The van der Waals surface area contributed by atoms with Crippen LogP contribution >= 0.6 is 0 Å². The van der Waals surface area contributed by atoms with Gasteiger partial charge >= 0.3 is 0 Å². The molecule has 1 amide bonds. The second kappa shape index (κ2) is 6.04. The number of benzene rings is 2. The summed E-state index contributed by atoms with van der Waals surface area (Å²) in [7, 11) is 0. The third-order valence-corrected chi connectivity index (χ3v) is 4.76. The van der Waals surface area contributed by atoms with Gasteiger partial charge in [-0.05, 0) is 55.7 Å². The van der Waals surface area contributed by atoms with Gasteiger partial charge in [0.25, 0.3) is 5.91 Å². The van der Waals surface area contributed by atoms with Gasteiger partial charge in [-0.1, -0.05) is 12.1 Å². The molecule has 122 valence electrons. The molecular weight excluding hydrogens is 298 g/mol. The Morgan fingerprint density at radius 3 is 2.58 bits per heavy atom. The average Bonchev–Trinajstić information content (AvgIpc) is 3.22. The number of hydrogen-bond acceptors (Lipinski definition) is 3. The van der Waals surface area contributed by atoms with Gasteiger partial charge in [-0.2, -0.15) is 0 Å². The fourth-order valence-electron chi connectivity index (χ4n) is 3.47. The lowest BCUT2D eigenvalue weighted by Gasteiger charge is -2.17. The number of carbonyl (C=O) groups excluding carboxylic acids is 1. The van der Waals surface area contributed by atoms with Gasteiger partial charge in [0.05, 0.1) is 5.57 Å². The second-order valence-electron chi connectivity index (χ2n) is 6.39. The molecule has 0 aromatic heterocycles. The first-order chi connectivity index (χ1) is 11.7. The Kier molecular flexibility index (Phi) is 3.73. The molecule has 0 saturated carbocycles. The highest BCUT2D eigenvalue weighted by atomic mass is 16.2. The Morgan fingerprint density at radius 2 is 1.83 bits per heavy atom. The largest absolute Gasteiger partial charge is 0.372 e. The summed E-state index contributed by atoms with van der Waals surface area (Å²) in [6, 6.07) is 14.3. The van der Waals surface area contributed by atoms with E-state index >= 15 is 0 Å². The van der Waals surface area contributed by atoms with Gasteiger partial charge in [-0.3, -0.25) is 4.79 Å². The van der Waals surface area contributed by atoms with Crippen molar-refractivity contribution >= 4 is 28.5 Å². The first-order valence-corrected chi connectivity index (χ1v) is 8.45. The summed E-state index contributed by atoms with van der Waals surface area (Å²) in [6.45, 7) is 4.32. The summed E-state index contributed by atoms with van der Waals surface area (Å²) in [5.41, 5.74) is 5.92. The van der Waals surface area contributed by atoms with Crippen LogP contribution in [0.15, 0.2) is 48.7 Å². The molecule has 2 N–H and O–H groups in total. The predicted molar refractivity (Wildman–Crippen MR) is 99.3 cm³/mol. The van der Waals surface area contributed by atoms with Gasteiger partial charge in [-0.25, -0.2) is 0 Å². The molecule has 4 rings (SSSR count). The van der Waals surface area contributed by atoms with Crippen molar-refractivity contribution in [3.8, 4) is 0 Å². The van der Waals surface area contributed by atoms with E-state index in [4.69, 9.17) is 0 Å². The van der Waals surface area contributed by atoms with Crippen molar-refractivity contribution in [2.45, 2.75) is 19.8 Å². The zero-order valence-corrected chi connectivity index (χ0v) is 13.8. The van der Waals surface area contributed by atoms with Crippen molar-refractivity contribution < 1.29 is 4.79 Å². The van der Waals surface area contributed by atoms with E-state index in [1.165, 1.54) is 18.5 Å². The quantitative estimate of drug-likeness (QED) is 0.841. The standard InChI is InChI=1S/C20H21N3O/c1-14-5-4-6-18-19(14)17(20(24)22-18)13-21-15-7-9-16(10-8-15)23-11-2-3-12-23/h4-10,13,21H,2-3,11-12H2,1H3,(H,22,24)/b17-13+. The SMILES string of the molecule is Cc1cccc2c1/C(=C\Nc1ccc(N3CCCC3)cc1)C(=O)N2. The number of anilines is 3. The van der Waals surface area contributed by atoms with Crippen LogP contribution in [-0.4, -0.2) is 19.0 Å². The van der Waals surface area contributed by atoms with Crippen LogP contribution in [0.25, 0.3) is 5.57 Å². The lowest BCUT2D eigenvalue weighted by molar-refractivity contribution is -0.110. The fourth-order valence-corrected chi connectivity index (χ4v) is 3.47. The number of fused-ring (bicyclic) bond motifs is 1. The van der Waals surface area contributed by atoms with Gasteiger partial charge < -0.3 is 15.5 Å². The first kappa shape index (κ1) is 14.8. The maximum absolute atomic E-state index is 12.2. The van der Waals surface area contributed by atoms with Crippen molar-refractivity contribution in [1.29, 1.82) is 0 Å². The molecule has 0 unspecified atom stereocenters. The van der Waals surface area contributed by atoms with E-state index in [-0.39, 0.29) is 5.91 Å². The van der Waals surface area contributed by atoms with Gasteiger partial charge in [0.15, 0.2) is 0 Å². The van der Waals surface area contributed by atoms with Crippen molar-refractivity contribution in [3.63, 3.8) is 0 Å². The molecular formula is C20H21N3O. The van der Waals surface area contributed by atoms with E-state index < -0.39 is 0 Å². The number of nitrogens with one attached hydrogen (secondary N) is 2. The van der Waals surface area contributed by atoms with Crippen LogP contribution in [0.3, 0.4) is 0 Å². The molecule has 2 aromatic rings. The van der Waals surface area contributed by atoms with Crippen LogP contribution in [0.1, 0.15) is 24.0 Å². The van der Waals surface area contributed by atoms with E-state index in [0.717, 1.165) is 35.6 Å². The normalized spacial score (nSPS) is 18.0.